The summed E-state index contributed by atoms with van der Waals surface area (Å²) < 4.78 is 24.5. The summed E-state index contributed by atoms with van der Waals surface area (Å²) in [5, 5.41) is 8.10. The Labute approximate surface area is 112 Å². The second-order valence-corrected chi connectivity index (χ2v) is 6.65. The van der Waals surface area contributed by atoms with E-state index in [0.717, 1.165) is 0 Å². The molecule has 4 nitrogen and oxygen atoms in total. The van der Waals surface area contributed by atoms with E-state index in [-0.39, 0.29) is 4.90 Å². The topological polar surface area (TPSA) is 71.4 Å². The van der Waals surface area contributed by atoms with Crippen LogP contribution in [0.5, 0.6) is 0 Å². The molecule has 0 spiro atoms. The van der Waals surface area contributed by atoms with E-state index in [9.17, 15) is 13.2 Å². The van der Waals surface area contributed by atoms with Gasteiger partial charge in [-0.3, -0.25) is 4.79 Å². The van der Waals surface area contributed by atoms with Crippen LogP contribution in [0.1, 0.15) is 20.3 Å². The van der Waals surface area contributed by atoms with Gasteiger partial charge in [0.25, 0.3) is 0 Å². The summed E-state index contributed by atoms with van der Waals surface area (Å²) in [6.07, 6.45) is 0.476. The van der Waals surface area contributed by atoms with Gasteiger partial charge in [-0.05, 0) is 30.2 Å². The Bertz CT molecular complexity index is 522. The van der Waals surface area contributed by atoms with E-state index in [1.54, 1.807) is 13.8 Å². The van der Waals surface area contributed by atoms with E-state index in [2.05, 4.69) is 0 Å². The number of aliphatic carboxylic acids is 1. The van der Waals surface area contributed by atoms with Crippen LogP contribution in [-0.2, 0) is 14.6 Å². The van der Waals surface area contributed by atoms with Crippen molar-refractivity contribution in [3.63, 3.8) is 0 Å². The normalized spacial score (nSPS) is 15.1. The Kier molecular flexibility index (Phi) is 4.76. The van der Waals surface area contributed by atoms with Crippen molar-refractivity contribution < 1.29 is 18.3 Å². The van der Waals surface area contributed by atoms with Gasteiger partial charge in [0.05, 0.1) is 4.90 Å². The fraction of sp³-hybridized carbons (Fsp3) is 0.417. The third-order valence-electron chi connectivity index (χ3n) is 2.88. The minimum Gasteiger partial charge on any atom is -0.480 e. The highest BCUT2D eigenvalue weighted by atomic mass is 35.5. The summed E-state index contributed by atoms with van der Waals surface area (Å²) >= 11 is 5.68. The Balaban J connectivity index is 3.25. The highest BCUT2D eigenvalue weighted by Gasteiger charge is 2.37. The molecule has 2 unspecified atom stereocenters. The summed E-state index contributed by atoms with van der Waals surface area (Å²) in [5.41, 5.74) is 0. The molecule has 0 bridgehead atoms. The molecule has 0 radical (unpaired) electrons. The lowest BCUT2D eigenvalue weighted by Gasteiger charge is -2.19. The number of carboxylic acid groups (broad SMARTS) is 1. The molecular weight excluding hydrogens is 276 g/mol. The van der Waals surface area contributed by atoms with E-state index < -0.39 is 27.0 Å². The predicted octanol–water partition coefficient (Wildman–Crippen LogP) is 2.61. The Hall–Kier alpha value is -1.07. The maximum absolute atomic E-state index is 12.3. The predicted molar refractivity (Wildman–Crippen MR) is 69.5 cm³/mol. The molecular formula is C12H15ClO4S. The Morgan fingerprint density at radius 1 is 1.33 bits per heavy atom. The first-order valence-corrected chi connectivity index (χ1v) is 7.45. The summed E-state index contributed by atoms with van der Waals surface area (Å²) in [6, 6.07) is 5.53. The highest BCUT2D eigenvalue weighted by molar-refractivity contribution is 7.92. The zero-order valence-electron chi connectivity index (χ0n) is 10.1. The van der Waals surface area contributed by atoms with E-state index in [1.165, 1.54) is 24.3 Å². The van der Waals surface area contributed by atoms with Crippen LogP contribution in [0.2, 0.25) is 5.02 Å². The second kappa shape index (κ2) is 5.71. The van der Waals surface area contributed by atoms with Crippen molar-refractivity contribution >= 4 is 27.4 Å². The number of benzene rings is 1. The molecule has 1 aromatic rings. The van der Waals surface area contributed by atoms with Gasteiger partial charge < -0.3 is 5.11 Å². The molecule has 2 atom stereocenters. The van der Waals surface area contributed by atoms with E-state index in [0.29, 0.717) is 11.4 Å². The molecule has 0 aliphatic rings. The minimum atomic E-state index is -3.89. The maximum Gasteiger partial charge on any atom is 0.322 e. The minimum absolute atomic E-state index is 0.0143. The van der Waals surface area contributed by atoms with Gasteiger partial charge >= 0.3 is 5.97 Å². The Morgan fingerprint density at radius 2 is 1.83 bits per heavy atom. The number of hydrogen-bond donors (Lipinski definition) is 1. The molecule has 0 heterocycles. The zero-order chi connectivity index (χ0) is 13.9. The number of hydrogen-bond acceptors (Lipinski definition) is 3. The average molecular weight is 291 g/mol. The first-order valence-electron chi connectivity index (χ1n) is 5.53. The Morgan fingerprint density at radius 3 is 2.22 bits per heavy atom. The van der Waals surface area contributed by atoms with E-state index in [1.807, 2.05) is 0 Å². The molecule has 0 amide bonds. The molecule has 100 valence electrons. The van der Waals surface area contributed by atoms with Crippen LogP contribution in [0.25, 0.3) is 0 Å². The number of rotatable bonds is 5. The molecule has 0 aliphatic heterocycles. The first-order chi connectivity index (χ1) is 8.30. The molecule has 1 aromatic carbocycles. The SMILES string of the molecule is CCC(C)C(C(=O)O)S(=O)(=O)c1ccc(Cl)cc1. The van der Waals surface area contributed by atoms with E-state index in [4.69, 9.17) is 16.7 Å². The molecule has 0 saturated heterocycles. The lowest BCUT2D eigenvalue weighted by Crippen LogP contribution is -2.36. The first kappa shape index (κ1) is 15.0. The molecule has 0 fully saturated rings. The van der Waals surface area contributed by atoms with Gasteiger partial charge in [-0.2, -0.15) is 0 Å². The van der Waals surface area contributed by atoms with Crippen LogP contribution < -0.4 is 0 Å². The van der Waals surface area contributed by atoms with Crippen LogP contribution in [0, 0.1) is 5.92 Å². The summed E-state index contributed by atoms with van der Waals surface area (Å²) in [4.78, 5) is 11.2. The fourth-order valence-electron chi connectivity index (χ4n) is 1.67. The number of carbonyl (C=O) groups is 1. The quantitative estimate of drug-likeness (QED) is 0.905. The van der Waals surface area contributed by atoms with Crippen molar-refractivity contribution in [2.24, 2.45) is 5.92 Å². The van der Waals surface area contributed by atoms with Crippen LogP contribution in [0.3, 0.4) is 0 Å². The van der Waals surface area contributed by atoms with Gasteiger partial charge in [-0.25, -0.2) is 8.42 Å². The van der Waals surface area contributed by atoms with Crippen LogP contribution in [-0.4, -0.2) is 24.7 Å². The summed E-state index contributed by atoms with van der Waals surface area (Å²) in [5.74, 6) is -1.78. The molecule has 0 aliphatic carbocycles. The van der Waals surface area contributed by atoms with Crippen molar-refractivity contribution in [2.45, 2.75) is 30.4 Å². The summed E-state index contributed by atoms with van der Waals surface area (Å²) in [7, 11) is -3.89. The smallest absolute Gasteiger partial charge is 0.322 e. The third kappa shape index (κ3) is 3.03. The number of sulfone groups is 1. The van der Waals surface area contributed by atoms with Crippen molar-refractivity contribution in [1.82, 2.24) is 0 Å². The van der Waals surface area contributed by atoms with Gasteiger partial charge in [-0.15, -0.1) is 0 Å². The molecule has 0 aromatic heterocycles. The highest BCUT2D eigenvalue weighted by Crippen LogP contribution is 2.25. The van der Waals surface area contributed by atoms with Gasteiger partial charge in [-0.1, -0.05) is 31.9 Å². The van der Waals surface area contributed by atoms with Crippen molar-refractivity contribution in [3.05, 3.63) is 29.3 Å². The van der Waals surface area contributed by atoms with Crippen LogP contribution >= 0.6 is 11.6 Å². The second-order valence-electron chi connectivity index (χ2n) is 4.14. The van der Waals surface area contributed by atoms with Crippen LogP contribution in [0.4, 0.5) is 0 Å². The standard InChI is InChI=1S/C12H15ClO4S/c1-3-8(2)11(12(14)15)18(16,17)10-6-4-9(13)5-7-10/h4-8,11H,3H2,1-2H3,(H,14,15). The van der Waals surface area contributed by atoms with Crippen molar-refractivity contribution in [3.8, 4) is 0 Å². The molecule has 0 saturated carbocycles. The fourth-order valence-corrected chi connectivity index (χ4v) is 3.67. The van der Waals surface area contributed by atoms with Gasteiger partial charge in [0.1, 0.15) is 0 Å². The van der Waals surface area contributed by atoms with Gasteiger partial charge in [0.2, 0.25) is 0 Å². The third-order valence-corrected chi connectivity index (χ3v) is 5.40. The molecule has 1 rings (SSSR count). The molecule has 18 heavy (non-hydrogen) atoms. The molecule has 1 N–H and O–H groups in total. The maximum atomic E-state index is 12.3. The van der Waals surface area contributed by atoms with Gasteiger partial charge in [0, 0.05) is 5.02 Å². The molecule has 6 heteroatoms. The number of halogens is 1. The van der Waals surface area contributed by atoms with Crippen molar-refractivity contribution in [1.29, 1.82) is 0 Å². The lowest BCUT2D eigenvalue weighted by molar-refractivity contribution is -0.137. The lowest BCUT2D eigenvalue weighted by atomic mass is 10.1. The average Bonchev–Trinajstić information content (AvgIpc) is 2.28. The largest absolute Gasteiger partial charge is 0.480 e. The van der Waals surface area contributed by atoms with Crippen molar-refractivity contribution in [2.75, 3.05) is 0 Å². The van der Waals surface area contributed by atoms with Gasteiger partial charge in [0.15, 0.2) is 15.1 Å². The zero-order valence-corrected chi connectivity index (χ0v) is 11.7. The van der Waals surface area contributed by atoms with Crippen LogP contribution in [0.15, 0.2) is 29.2 Å². The van der Waals surface area contributed by atoms with E-state index >= 15 is 0 Å². The summed E-state index contributed by atoms with van der Waals surface area (Å²) in [6.45, 7) is 3.38. The monoisotopic (exact) mass is 290 g/mol. The number of carboxylic acids is 1.